The zero-order chi connectivity index (χ0) is 11.5. The third-order valence-electron chi connectivity index (χ3n) is 3.96. The van der Waals surface area contributed by atoms with Crippen LogP contribution in [0.15, 0.2) is 0 Å². The van der Waals surface area contributed by atoms with Crippen molar-refractivity contribution in [3.8, 4) is 0 Å². The van der Waals surface area contributed by atoms with Crippen molar-refractivity contribution in [3.05, 3.63) is 0 Å². The van der Waals surface area contributed by atoms with Crippen LogP contribution in [0.5, 0.6) is 0 Å². The van der Waals surface area contributed by atoms with Gasteiger partial charge in [0.15, 0.2) is 0 Å². The number of aliphatic carboxylic acids is 1. The maximum Gasteiger partial charge on any atom is 0.304 e. The van der Waals surface area contributed by atoms with Crippen LogP contribution in [0.3, 0.4) is 0 Å². The lowest BCUT2D eigenvalue weighted by Crippen LogP contribution is -2.56. The highest BCUT2D eigenvalue weighted by Gasteiger charge is 2.31. The number of hydrogen-bond acceptors (Lipinski definition) is 3. The van der Waals surface area contributed by atoms with Crippen molar-refractivity contribution in [1.82, 2.24) is 9.80 Å². The van der Waals surface area contributed by atoms with Crippen molar-refractivity contribution in [2.75, 3.05) is 26.2 Å². The van der Waals surface area contributed by atoms with E-state index in [0.29, 0.717) is 6.04 Å². The summed E-state index contributed by atoms with van der Waals surface area (Å²) in [4.78, 5) is 15.6. The normalized spacial score (nSPS) is 29.7. The molecule has 0 bridgehead atoms. The second kappa shape index (κ2) is 5.15. The van der Waals surface area contributed by atoms with Gasteiger partial charge < -0.3 is 5.11 Å². The van der Waals surface area contributed by atoms with Crippen LogP contribution < -0.4 is 0 Å². The van der Waals surface area contributed by atoms with E-state index < -0.39 is 5.97 Å². The molecule has 0 amide bonds. The molecule has 0 aromatic rings. The van der Waals surface area contributed by atoms with E-state index in [-0.39, 0.29) is 12.5 Å². The number of piperidine rings is 1. The molecule has 0 radical (unpaired) electrons. The lowest BCUT2D eigenvalue weighted by atomic mass is 9.98. The Morgan fingerprint density at radius 2 is 2.19 bits per heavy atom. The summed E-state index contributed by atoms with van der Waals surface area (Å²) in [5.74, 6) is -0.682. The highest BCUT2D eigenvalue weighted by molar-refractivity contribution is 5.67. The molecule has 0 spiro atoms. The Balaban J connectivity index is 1.86. The molecule has 4 heteroatoms. The zero-order valence-corrected chi connectivity index (χ0v) is 10.1. The minimum Gasteiger partial charge on any atom is -0.481 e. The van der Waals surface area contributed by atoms with Crippen molar-refractivity contribution < 1.29 is 9.90 Å². The number of rotatable bonds is 3. The van der Waals surface area contributed by atoms with Crippen LogP contribution in [-0.4, -0.2) is 59.1 Å². The topological polar surface area (TPSA) is 43.8 Å². The average Bonchev–Trinajstić information content (AvgIpc) is 2.27. The maximum atomic E-state index is 10.7. The van der Waals surface area contributed by atoms with Gasteiger partial charge in [0.1, 0.15) is 0 Å². The first-order valence-corrected chi connectivity index (χ1v) is 6.36. The van der Waals surface area contributed by atoms with E-state index in [1.54, 1.807) is 0 Å². The fourth-order valence-corrected chi connectivity index (χ4v) is 2.96. The molecule has 2 saturated heterocycles. The van der Waals surface area contributed by atoms with Gasteiger partial charge in [-0.1, -0.05) is 6.42 Å². The largest absolute Gasteiger partial charge is 0.481 e. The molecule has 0 saturated carbocycles. The van der Waals surface area contributed by atoms with Gasteiger partial charge in [0.2, 0.25) is 0 Å². The number of hydrogen-bond donors (Lipinski definition) is 1. The molecule has 2 aliphatic heterocycles. The molecule has 0 aromatic carbocycles. The Morgan fingerprint density at radius 3 is 2.94 bits per heavy atom. The predicted octanol–water partition coefficient (Wildman–Crippen LogP) is 1.02. The number of piperazine rings is 1. The third-order valence-corrected chi connectivity index (χ3v) is 3.96. The molecule has 2 fully saturated rings. The summed E-state index contributed by atoms with van der Waals surface area (Å²) in [6.45, 7) is 6.49. The van der Waals surface area contributed by atoms with Crippen LogP contribution in [-0.2, 0) is 4.79 Å². The van der Waals surface area contributed by atoms with Crippen LogP contribution in [0.2, 0.25) is 0 Å². The van der Waals surface area contributed by atoms with E-state index in [4.69, 9.17) is 5.11 Å². The minimum atomic E-state index is -0.682. The molecular formula is C12H22N2O2. The molecule has 0 aliphatic carbocycles. The Morgan fingerprint density at radius 1 is 1.38 bits per heavy atom. The molecular weight excluding hydrogens is 204 g/mol. The molecule has 0 aromatic heterocycles. The van der Waals surface area contributed by atoms with Gasteiger partial charge in [-0.3, -0.25) is 14.6 Å². The molecule has 2 rings (SSSR count). The van der Waals surface area contributed by atoms with Crippen LogP contribution in [0.4, 0.5) is 0 Å². The smallest absolute Gasteiger partial charge is 0.304 e. The Labute approximate surface area is 97.2 Å². The fourth-order valence-electron chi connectivity index (χ4n) is 2.96. The lowest BCUT2D eigenvalue weighted by molar-refractivity contribution is -0.138. The van der Waals surface area contributed by atoms with E-state index >= 15 is 0 Å². The third kappa shape index (κ3) is 2.74. The molecule has 2 aliphatic rings. The van der Waals surface area contributed by atoms with Gasteiger partial charge in [-0.25, -0.2) is 0 Å². The van der Waals surface area contributed by atoms with E-state index in [9.17, 15) is 4.79 Å². The van der Waals surface area contributed by atoms with Crippen molar-refractivity contribution in [3.63, 3.8) is 0 Å². The van der Waals surface area contributed by atoms with Gasteiger partial charge in [-0.15, -0.1) is 0 Å². The number of carbonyl (C=O) groups is 1. The minimum absolute atomic E-state index is 0.182. The summed E-state index contributed by atoms with van der Waals surface area (Å²) in [5, 5.41) is 8.81. The second-order valence-electron chi connectivity index (χ2n) is 5.13. The zero-order valence-electron chi connectivity index (χ0n) is 10.1. The molecule has 2 unspecified atom stereocenters. The molecule has 4 nitrogen and oxygen atoms in total. The van der Waals surface area contributed by atoms with Gasteiger partial charge in [0.25, 0.3) is 0 Å². The summed E-state index contributed by atoms with van der Waals surface area (Å²) >= 11 is 0. The van der Waals surface area contributed by atoms with E-state index in [2.05, 4.69) is 9.80 Å². The van der Waals surface area contributed by atoms with Crippen molar-refractivity contribution in [2.24, 2.45) is 0 Å². The molecule has 2 atom stereocenters. The van der Waals surface area contributed by atoms with Crippen LogP contribution >= 0.6 is 0 Å². The first kappa shape index (κ1) is 11.9. The van der Waals surface area contributed by atoms with Crippen LogP contribution in [0, 0.1) is 0 Å². The van der Waals surface area contributed by atoms with Gasteiger partial charge in [-0.2, -0.15) is 0 Å². The van der Waals surface area contributed by atoms with Gasteiger partial charge in [0, 0.05) is 31.7 Å². The molecule has 1 N–H and O–H groups in total. The van der Waals surface area contributed by atoms with Gasteiger partial charge >= 0.3 is 5.97 Å². The monoisotopic (exact) mass is 226 g/mol. The van der Waals surface area contributed by atoms with Crippen molar-refractivity contribution in [1.29, 1.82) is 0 Å². The van der Waals surface area contributed by atoms with Crippen LogP contribution in [0.25, 0.3) is 0 Å². The molecule has 92 valence electrons. The average molecular weight is 226 g/mol. The first-order chi connectivity index (χ1) is 7.66. The summed E-state index contributed by atoms with van der Waals surface area (Å²) in [6.07, 6.45) is 4.23. The SMILES string of the molecule is CC(CC(=O)O)N1CCN2CCCCC2C1. The van der Waals surface area contributed by atoms with E-state index in [1.807, 2.05) is 6.92 Å². The molecule has 2 heterocycles. The number of nitrogens with zero attached hydrogens (tertiary/aromatic N) is 2. The summed E-state index contributed by atoms with van der Waals surface area (Å²) in [5.41, 5.74) is 0. The highest BCUT2D eigenvalue weighted by Crippen LogP contribution is 2.22. The summed E-state index contributed by atoms with van der Waals surface area (Å²) < 4.78 is 0. The standard InChI is InChI=1S/C12H22N2O2/c1-10(8-12(15)16)14-7-6-13-5-3-2-4-11(13)9-14/h10-11H,2-9H2,1H3,(H,15,16). The van der Waals surface area contributed by atoms with Crippen LogP contribution in [0.1, 0.15) is 32.6 Å². The summed E-state index contributed by atoms with van der Waals surface area (Å²) in [6, 6.07) is 0.861. The maximum absolute atomic E-state index is 10.7. The Hall–Kier alpha value is -0.610. The quantitative estimate of drug-likeness (QED) is 0.780. The van der Waals surface area contributed by atoms with E-state index in [1.165, 1.54) is 25.8 Å². The fraction of sp³-hybridized carbons (Fsp3) is 0.917. The number of carboxylic acids is 1. The highest BCUT2D eigenvalue weighted by atomic mass is 16.4. The molecule has 16 heavy (non-hydrogen) atoms. The van der Waals surface area contributed by atoms with Crippen molar-refractivity contribution in [2.45, 2.75) is 44.7 Å². The Bertz CT molecular complexity index is 257. The van der Waals surface area contributed by atoms with Crippen molar-refractivity contribution >= 4 is 5.97 Å². The number of carboxylic acid groups (broad SMARTS) is 1. The Kier molecular flexibility index (Phi) is 3.82. The number of fused-ring (bicyclic) bond motifs is 1. The van der Waals surface area contributed by atoms with Gasteiger partial charge in [0.05, 0.1) is 6.42 Å². The summed E-state index contributed by atoms with van der Waals surface area (Å²) in [7, 11) is 0. The lowest BCUT2D eigenvalue weighted by Gasteiger charge is -2.45. The second-order valence-corrected chi connectivity index (χ2v) is 5.13. The first-order valence-electron chi connectivity index (χ1n) is 6.36. The predicted molar refractivity (Wildman–Crippen MR) is 62.5 cm³/mol. The van der Waals surface area contributed by atoms with E-state index in [0.717, 1.165) is 19.6 Å². The van der Waals surface area contributed by atoms with Gasteiger partial charge in [-0.05, 0) is 26.3 Å².